The summed E-state index contributed by atoms with van der Waals surface area (Å²) in [4.78, 5) is 21.9. The van der Waals surface area contributed by atoms with Crippen molar-refractivity contribution in [2.75, 3.05) is 25.2 Å². The van der Waals surface area contributed by atoms with Crippen LogP contribution in [0.3, 0.4) is 0 Å². The highest BCUT2D eigenvalue weighted by Gasteiger charge is 2.15. The van der Waals surface area contributed by atoms with E-state index in [9.17, 15) is 14.9 Å². The normalized spacial score (nSPS) is 9.94. The van der Waals surface area contributed by atoms with E-state index in [1.54, 1.807) is 0 Å². The van der Waals surface area contributed by atoms with Gasteiger partial charge in [-0.1, -0.05) is 0 Å². The van der Waals surface area contributed by atoms with Gasteiger partial charge in [-0.2, -0.15) is 0 Å². The molecule has 1 rings (SSSR count). The van der Waals surface area contributed by atoms with Crippen LogP contribution in [-0.2, 0) is 4.74 Å². The molecule has 0 aromatic heterocycles. The Kier molecular flexibility index (Phi) is 4.41. The maximum absolute atomic E-state index is 11.0. The molecule has 7 nitrogen and oxygen atoms in total. The number of nitrogens with zero attached hydrogens (tertiary/aromatic N) is 2. The number of rotatable bonds is 5. The smallest absolute Gasteiger partial charge is 0.411 e. The van der Waals surface area contributed by atoms with Crippen LogP contribution in [0.4, 0.5) is 16.2 Å². The van der Waals surface area contributed by atoms with Gasteiger partial charge in [0.1, 0.15) is 0 Å². The zero-order valence-corrected chi connectivity index (χ0v) is 9.20. The largest absolute Gasteiger partial charge is 0.465 e. The first-order valence-corrected chi connectivity index (χ1v) is 4.80. The van der Waals surface area contributed by atoms with E-state index in [4.69, 9.17) is 9.84 Å². The van der Waals surface area contributed by atoms with Gasteiger partial charge < -0.3 is 9.84 Å². The van der Waals surface area contributed by atoms with Gasteiger partial charge in [-0.15, -0.1) is 0 Å². The van der Waals surface area contributed by atoms with Crippen molar-refractivity contribution in [1.29, 1.82) is 0 Å². The van der Waals surface area contributed by atoms with Gasteiger partial charge >= 0.3 is 6.09 Å². The number of nitro groups is 1. The summed E-state index contributed by atoms with van der Waals surface area (Å²) in [5, 5.41) is 19.4. The Hall–Kier alpha value is -2.15. The summed E-state index contributed by atoms with van der Waals surface area (Å²) in [5.74, 6) is 0. The summed E-state index contributed by atoms with van der Waals surface area (Å²) in [7, 11) is 1.47. The molecule has 0 unspecified atom stereocenters. The Morgan fingerprint density at radius 1 is 1.47 bits per heavy atom. The van der Waals surface area contributed by atoms with Crippen LogP contribution in [0.1, 0.15) is 0 Å². The Labute approximate surface area is 97.4 Å². The second-order valence-corrected chi connectivity index (χ2v) is 3.20. The fraction of sp³-hybridized carbons (Fsp3) is 0.300. The van der Waals surface area contributed by atoms with E-state index < -0.39 is 11.0 Å². The summed E-state index contributed by atoms with van der Waals surface area (Å²) >= 11 is 0. The second-order valence-electron chi connectivity index (χ2n) is 3.20. The van der Waals surface area contributed by atoms with Crippen LogP contribution in [0, 0.1) is 10.1 Å². The molecule has 0 aliphatic heterocycles. The van der Waals surface area contributed by atoms with Gasteiger partial charge in [-0.3, -0.25) is 15.0 Å². The first-order chi connectivity index (χ1) is 8.06. The summed E-state index contributed by atoms with van der Waals surface area (Å²) in [5.41, 5.74) is 0.297. The summed E-state index contributed by atoms with van der Waals surface area (Å²) in [6, 6.07) is 5.31. The molecule has 0 fully saturated rings. The number of non-ortho nitro benzene ring substituents is 1. The van der Waals surface area contributed by atoms with E-state index >= 15 is 0 Å². The lowest BCUT2D eigenvalue weighted by Gasteiger charge is -2.18. The van der Waals surface area contributed by atoms with Crippen LogP contribution < -0.4 is 4.90 Å². The highest BCUT2D eigenvalue weighted by molar-refractivity contribution is 5.86. The van der Waals surface area contributed by atoms with Crippen LogP contribution in [0.15, 0.2) is 24.3 Å². The number of hydrogen-bond acceptors (Lipinski definition) is 4. The van der Waals surface area contributed by atoms with Crippen molar-refractivity contribution in [3.63, 3.8) is 0 Å². The average Bonchev–Trinajstić information content (AvgIpc) is 2.29. The quantitative estimate of drug-likeness (QED) is 0.624. The predicted octanol–water partition coefficient (Wildman–Crippen LogP) is 1.73. The van der Waals surface area contributed by atoms with Crippen molar-refractivity contribution in [3.05, 3.63) is 34.4 Å². The molecule has 1 aromatic carbocycles. The van der Waals surface area contributed by atoms with Crippen molar-refractivity contribution in [2.24, 2.45) is 0 Å². The number of nitro benzene ring substituents is 1. The van der Waals surface area contributed by atoms with Gasteiger partial charge in [0.15, 0.2) is 0 Å². The maximum atomic E-state index is 11.0. The van der Waals surface area contributed by atoms with E-state index in [1.165, 1.54) is 31.4 Å². The summed E-state index contributed by atoms with van der Waals surface area (Å²) in [6.45, 7) is 0.424. The lowest BCUT2D eigenvalue weighted by molar-refractivity contribution is -0.384. The van der Waals surface area contributed by atoms with Crippen LogP contribution in [-0.4, -0.2) is 36.4 Å². The third-order valence-electron chi connectivity index (χ3n) is 2.12. The summed E-state index contributed by atoms with van der Waals surface area (Å²) < 4.78 is 4.79. The highest BCUT2D eigenvalue weighted by atomic mass is 16.6. The van der Waals surface area contributed by atoms with Gasteiger partial charge in [0, 0.05) is 24.9 Å². The Morgan fingerprint density at radius 2 is 2.06 bits per heavy atom. The number of amides is 1. The summed E-state index contributed by atoms with van der Waals surface area (Å²) in [6.07, 6.45) is -1.13. The molecule has 7 heteroatoms. The molecule has 0 radical (unpaired) electrons. The Bertz CT molecular complexity index is 404. The van der Waals surface area contributed by atoms with Gasteiger partial charge in [0.2, 0.25) is 0 Å². The molecular formula is C10H12N2O5. The van der Waals surface area contributed by atoms with Gasteiger partial charge in [0.05, 0.1) is 18.1 Å². The minimum Gasteiger partial charge on any atom is -0.465 e. The van der Waals surface area contributed by atoms with Gasteiger partial charge in [0.25, 0.3) is 5.69 Å². The van der Waals surface area contributed by atoms with Crippen LogP contribution in [0.5, 0.6) is 0 Å². The van der Waals surface area contributed by atoms with E-state index in [0.29, 0.717) is 5.69 Å². The van der Waals surface area contributed by atoms with E-state index in [-0.39, 0.29) is 18.8 Å². The van der Waals surface area contributed by atoms with Crippen molar-refractivity contribution in [2.45, 2.75) is 0 Å². The molecule has 0 saturated carbocycles. The fourth-order valence-electron chi connectivity index (χ4n) is 1.27. The molecule has 0 aliphatic rings. The number of benzene rings is 1. The number of methoxy groups -OCH3 is 1. The number of ether oxygens (including phenoxy) is 1. The van der Waals surface area contributed by atoms with E-state index in [2.05, 4.69) is 0 Å². The zero-order chi connectivity index (χ0) is 12.8. The molecule has 1 amide bonds. The lowest BCUT2D eigenvalue weighted by atomic mass is 10.2. The second kappa shape index (κ2) is 5.80. The van der Waals surface area contributed by atoms with Crippen LogP contribution in [0.2, 0.25) is 0 Å². The number of anilines is 1. The monoisotopic (exact) mass is 240 g/mol. The third-order valence-corrected chi connectivity index (χ3v) is 2.12. The minimum absolute atomic E-state index is 0.0779. The molecule has 0 atom stereocenters. The standard InChI is InChI=1S/C10H12N2O5/c1-17-7-6-11(10(13)14)8-2-4-9(5-3-8)12(15)16/h2-5H,6-7H2,1H3,(H,13,14). The number of carbonyl (C=O) groups is 1. The Morgan fingerprint density at radius 3 is 2.47 bits per heavy atom. The molecule has 1 aromatic rings. The van der Waals surface area contributed by atoms with Crippen molar-refractivity contribution in [1.82, 2.24) is 0 Å². The molecule has 0 spiro atoms. The molecule has 0 aliphatic carbocycles. The third kappa shape index (κ3) is 3.42. The zero-order valence-electron chi connectivity index (χ0n) is 9.20. The predicted molar refractivity (Wildman–Crippen MR) is 60.3 cm³/mol. The van der Waals surface area contributed by atoms with E-state index in [1.807, 2.05) is 0 Å². The number of carboxylic acid groups (broad SMARTS) is 1. The SMILES string of the molecule is COCCN(C(=O)O)c1ccc([N+](=O)[O-])cc1. The Balaban J connectivity index is 2.87. The first kappa shape index (κ1) is 12.9. The highest BCUT2D eigenvalue weighted by Crippen LogP contribution is 2.19. The molecule has 92 valence electrons. The molecule has 17 heavy (non-hydrogen) atoms. The van der Waals surface area contributed by atoms with Crippen molar-refractivity contribution < 1.29 is 19.6 Å². The molecular weight excluding hydrogens is 228 g/mol. The lowest BCUT2D eigenvalue weighted by Crippen LogP contribution is -2.32. The molecule has 0 saturated heterocycles. The minimum atomic E-state index is -1.13. The fourth-order valence-corrected chi connectivity index (χ4v) is 1.27. The first-order valence-electron chi connectivity index (χ1n) is 4.80. The van der Waals surface area contributed by atoms with Crippen LogP contribution >= 0.6 is 0 Å². The topological polar surface area (TPSA) is 92.9 Å². The number of hydrogen-bond donors (Lipinski definition) is 1. The molecule has 1 N–H and O–H groups in total. The average molecular weight is 240 g/mol. The molecule has 0 bridgehead atoms. The van der Waals surface area contributed by atoms with Crippen LogP contribution in [0.25, 0.3) is 0 Å². The van der Waals surface area contributed by atoms with Gasteiger partial charge in [-0.25, -0.2) is 4.79 Å². The maximum Gasteiger partial charge on any atom is 0.411 e. The molecule has 0 heterocycles. The van der Waals surface area contributed by atoms with E-state index in [0.717, 1.165) is 4.90 Å². The van der Waals surface area contributed by atoms with Crippen molar-refractivity contribution in [3.8, 4) is 0 Å². The van der Waals surface area contributed by atoms with Crippen molar-refractivity contribution >= 4 is 17.5 Å². The van der Waals surface area contributed by atoms with Gasteiger partial charge in [-0.05, 0) is 12.1 Å².